The molecule has 0 aliphatic carbocycles. The number of nitrogens with zero attached hydrogens (tertiary/aromatic N) is 2. The van der Waals surface area contributed by atoms with Crippen LogP contribution in [0.4, 0.5) is 10.1 Å². The molecule has 0 aliphatic heterocycles. The fourth-order valence-electron chi connectivity index (χ4n) is 2.67. The number of halogens is 1. The van der Waals surface area contributed by atoms with Gasteiger partial charge in [-0.05, 0) is 38.1 Å². The van der Waals surface area contributed by atoms with E-state index in [-0.39, 0.29) is 23.0 Å². The van der Waals surface area contributed by atoms with Crippen molar-refractivity contribution in [3.05, 3.63) is 70.4 Å². The summed E-state index contributed by atoms with van der Waals surface area (Å²) in [6.45, 7) is 2.96. The molecule has 0 aliphatic rings. The zero-order valence-corrected chi connectivity index (χ0v) is 15.3. The van der Waals surface area contributed by atoms with Crippen LogP contribution in [0.2, 0.25) is 0 Å². The van der Waals surface area contributed by atoms with Gasteiger partial charge >= 0.3 is 5.97 Å². The predicted molar refractivity (Wildman–Crippen MR) is 102 cm³/mol. The number of hydrogen-bond acceptors (Lipinski definition) is 5. The molecule has 1 N–H and O–H groups in total. The first-order chi connectivity index (χ1) is 13.4. The van der Waals surface area contributed by atoms with Crippen LogP contribution in [0.5, 0.6) is 0 Å². The van der Waals surface area contributed by atoms with Gasteiger partial charge in [-0.15, -0.1) is 0 Å². The number of amides is 1. The molecule has 0 fully saturated rings. The second kappa shape index (κ2) is 7.99. The van der Waals surface area contributed by atoms with Crippen molar-refractivity contribution in [3.63, 3.8) is 0 Å². The SMILES string of the molecule is CC(C)n1nc(C(=O)OCC(=O)Nc2cccc(F)c2)c2ccccc2c1=O. The first-order valence-electron chi connectivity index (χ1n) is 8.61. The molecule has 0 radical (unpaired) electrons. The molecule has 0 bridgehead atoms. The number of ether oxygens (including phenoxy) is 1. The average molecular weight is 383 g/mol. The van der Waals surface area contributed by atoms with Crippen LogP contribution in [0, 0.1) is 5.82 Å². The molecule has 1 aromatic heterocycles. The molecule has 28 heavy (non-hydrogen) atoms. The second-order valence-electron chi connectivity index (χ2n) is 6.37. The molecule has 2 aromatic carbocycles. The lowest BCUT2D eigenvalue weighted by Gasteiger charge is -2.13. The van der Waals surface area contributed by atoms with Crippen molar-refractivity contribution in [2.24, 2.45) is 0 Å². The Morgan fingerprint density at radius 2 is 1.86 bits per heavy atom. The van der Waals surface area contributed by atoms with Gasteiger partial charge in [0.1, 0.15) is 5.82 Å². The minimum Gasteiger partial charge on any atom is -0.451 e. The minimum atomic E-state index is -0.833. The second-order valence-corrected chi connectivity index (χ2v) is 6.37. The van der Waals surface area contributed by atoms with Gasteiger partial charge in [0.05, 0.1) is 11.4 Å². The van der Waals surface area contributed by atoms with Crippen LogP contribution in [-0.4, -0.2) is 28.3 Å². The highest BCUT2D eigenvalue weighted by Crippen LogP contribution is 2.16. The molecular formula is C20H18FN3O4. The van der Waals surface area contributed by atoms with Crippen LogP contribution in [0.1, 0.15) is 30.4 Å². The first kappa shape index (κ1) is 19.2. The Balaban J connectivity index is 1.81. The highest BCUT2D eigenvalue weighted by atomic mass is 19.1. The Kier molecular flexibility index (Phi) is 5.49. The number of rotatable bonds is 5. The van der Waals surface area contributed by atoms with Crippen molar-refractivity contribution in [2.45, 2.75) is 19.9 Å². The molecule has 7 nitrogen and oxygen atoms in total. The number of esters is 1. The van der Waals surface area contributed by atoms with Crippen LogP contribution in [0.3, 0.4) is 0 Å². The lowest BCUT2D eigenvalue weighted by Crippen LogP contribution is -2.28. The summed E-state index contributed by atoms with van der Waals surface area (Å²) in [6.07, 6.45) is 0. The third-order valence-electron chi connectivity index (χ3n) is 3.95. The number of benzene rings is 2. The van der Waals surface area contributed by atoms with E-state index in [2.05, 4.69) is 10.4 Å². The summed E-state index contributed by atoms with van der Waals surface area (Å²) in [4.78, 5) is 37.0. The van der Waals surface area contributed by atoms with Crippen LogP contribution in [0.25, 0.3) is 10.8 Å². The van der Waals surface area contributed by atoms with Gasteiger partial charge in [0, 0.05) is 11.1 Å². The van der Waals surface area contributed by atoms with Crippen molar-refractivity contribution >= 4 is 28.3 Å². The molecule has 8 heteroatoms. The van der Waals surface area contributed by atoms with Crippen LogP contribution in [0.15, 0.2) is 53.3 Å². The predicted octanol–water partition coefficient (Wildman–Crippen LogP) is 2.91. The topological polar surface area (TPSA) is 90.3 Å². The van der Waals surface area contributed by atoms with E-state index in [1.807, 2.05) is 0 Å². The average Bonchev–Trinajstić information content (AvgIpc) is 2.66. The highest BCUT2D eigenvalue weighted by molar-refractivity contribution is 6.03. The Morgan fingerprint density at radius 1 is 1.14 bits per heavy atom. The van der Waals surface area contributed by atoms with Crippen LogP contribution in [-0.2, 0) is 9.53 Å². The highest BCUT2D eigenvalue weighted by Gasteiger charge is 2.20. The number of carbonyl (C=O) groups excluding carboxylic acids is 2. The van der Waals surface area contributed by atoms with E-state index in [1.54, 1.807) is 38.1 Å². The summed E-state index contributed by atoms with van der Waals surface area (Å²) in [5, 5.41) is 7.24. The van der Waals surface area contributed by atoms with E-state index in [0.29, 0.717) is 10.8 Å². The number of aromatic nitrogens is 2. The molecule has 0 atom stereocenters. The van der Waals surface area contributed by atoms with Crippen molar-refractivity contribution in [1.29, 1.82) is 0 Å². The number of carbonyl (C=O) groups is 2. The summed E-state index contributed by atoms with van der Waals surface area (Å²) < 4.78 is 19.4. The van der Waals surface area contributed by atoms with Gasteiger partial charge in [-0.1, -0.05) is 24.3 Å². The number of nitrogens with one attached hydrogen (secondary N) is 1. The Morgan fingerprint density at radius 3 is 2.54 bits per heavy atom. The molecule has 0 spiro atoms. The van der Waals surface area contributed by atoms with Gasteiger partial charge in [0.25, 0.3) is 11.5 Å². The van der Waals surface area contributed by atoms with E-state index >= 15 is 0 Å². The van der Waals surface area contributed by atoms with Gasteiger partial charge in [-0.3, -0.25) is 9.59 Å². The van der Waals surface area contributed by atoms with Gasteiger partial charge in [0.2, 0.25) is 0 Å². The third-order valence-corrected chi connectivity index (χ3v) is 3.95. The van der Waals surface area contributed by atoms with Crippen molar-refractivity contribution in [1.82, 2.24) is 9.78 Å². The molecule has 1 amide bonds. The fourth-order valence-corrected chi connectivity index (χ4v) is 2.67. The molecular weight excluding hydrogens is 365 g/mol. The van der Waals surface area contributed by atoms with Gasteiger partial charge in [-0.25, -0.2) is 13.9 Å². The number of anilines is 1. The summed E-state index contributed by atoms with van der Waals surface area (Å²) in [5.41, 5.74) is -0.119. The van der Waals surface area contributed by atoms with E-state index in [9.17, 15) is 18.8 Å². The molecule has 1 heterocycles. The van der Waals surface area contributed by atoms with Gasteiger partial charge < -0.3 is 10.1 Å². The maximum absolute atomic E-state index is 13.2. The Bertz CT molecular complexity index is 1110. The van der Waals surface area contributed by atoms with E-state index in [4.69, 9.17) is 4.74 Å². The molecule has 0 saturated heterocycles. The van der Waals surface area contributed by atoms with Crippen molar-refractivity contribution in [3.8, 4) is 0 Å². The van der Waals surface area contributed by atoms with Gasteiger partial charge in [-0.2, -0.15) is 5.10 Å². The normalized spacial score (nSPS) is 10.9. The Hall–Kier alpha value is -3.55. The summed E-state index contributed by atoms with van der Waals surface area (Å²) in [5.74, 6) is -1.96. The summed E-state index contributed by atoms with van der Waals surface area (Å²) in [7, 11) is 0. The summed E-state index contributed by atoms with van der Waals surface area (Å²) >= 11 is 0. The monoisotopic (exact) mass is 383 g/mol. The zero-order chi connectivity index (χ0) is 20.3. The zero-order valence-electron chi connectivity index (χ0n) is 15.3. The number of fused-ring (bicyclic) bond motifs is 1. The third kappa shape index (κ3) is 4.06. The van der Waals surface area contributed by atoms with E-state index in [0.717, 1.165) is 6.07 Å². The first-order valence-corrected chi connectivity index (χ1v) is 8.61. The van der Waals surface area contributed by atoms with Crippen molar-refractivity contribution < 1.29 is 18.7 Å². The maximum Gasteiger partial charge on any atom is 0.359 e. The lowest BCUT2D eigenvalue weighted by atomic mass is 10.1. The van der Waals surface area contributed by atoms with E-state index in [1.165, 1.54) is 22.9 Å². The molecule has 3 aromatic rings. The summed E-state index contributed by atoms with van der Waals surface area (Å²) in [6, 6.07) is 11.7. The van der Waals surface area contributed by atoms with Gasteiger partial charge in [0.15, 0.2) is 12.3 Å². The molecule has 3 rings (SSSR count). The lowest BCUT2D eigenvalue weighted by molar-refractivity contribution is -0.119. The quantitative estimate of drug-likeness (QED) is 0.684. The van der Waals surface area contributed by atoms with Crippen LogP contribution >= 0.6 is 0 Å². The van der Waals surface area contributed by atoms with Crippen molar-refractivity contribution in [2.75, 3.05) is 11.9 Å². The maximum atomic E-state index is 13.2. The minimum absolute atomic E-state index is 0.0533. The standard InChI is InChI=1S/C20H18FN3O4/c1-12(2)24-19(26)16-9-4-3-8-15(16)18(23-24)20(27)28-11-17(25)22-14-7-5-6-13(21)10-14/h3-10,12H,11H2,1-2H3,(H,22,25). The largest absolute Gasteiger partial charge is 0.451 e. The van der Waals surface area contributed by atoms with E-state index < -0.39 is 24.3 Å². The molecule has 144 valence electrons. The fraction of sp³-hybridized carbons (Fsp3) is 0.200. The van der Waals surface area contributed by atoms with Crippen LogP contribution < -0.4 is 10.9 Å². The smallest absolute Gasteiger partial charge is 0.359 e. The molecule has 0 saturated carbocycles. The number of hydrogen-bond donors (Lipinski definition) is 1. The molecule has 0 unspecified atom stereocenters. The Labute approximate surface area is 159 Å².